The largest absolute Gasteiger partial charge is 0.375 e. The molecule has 2 aromatic rings. The maximum Gasteiger partial charge on any atom is 0.253 e. The molecule has 2 heterocycles. The molecule has 0 N–H and O–H groups in total. The van der Waals surface area contributed by atoms with E-state index in [1.807, 2.05) is 29.2 Å². The molecule has 0 spiro atoms. The van der Waals surface area contributed by atoms with Crippen LogP contribution in [-0.4, -0.2) is 52.3 Å². The lowest BCUT2D eigenvalue weighted by Crippen LogP contribution is -2.38. The Morgan fingerprint density at radius 3 is 2.48 bits per heavy atom. The van der Waals surface area contributed by atoms with Gasteiger partial charge in [-0.25, -0.2) is 0 Å². The first-order valence-electron chi connectivity index (χ1n) is 9.12. The fourth-order valence-corrected chi connectivity index (χ4v) is 3.39. The summed E-state index contributed by atoms with van der Waals surface area (Å²) in [7, 11) is 2.05. The average Bonchev–Trinajstić information content (AvgIpc) is 3.16. The predicted molar refractivity (Wildman–Crippen MR) is 99.0 cm³/mol. The standard InChI is InChI=1S/C19H27N5O/c1-4-22(3)17-8-6-16(7-9-17)19(25)24-12-10-15(11-13-24)18-21-20-14-23(18)5-2/h6-9,14-15H,4-5,10-13H2,1-3H3. The zero-order valence-electron chi connectivity index (χ0n) is 15.4. The highest BCUT2D eigenvalue weighted by atomic mass is 16.2. The number of hydrogen-bond acceptors (Lipinski definition) is 4. The monoisotopic (exact) mass is 341 g/mol. The normalized spacial score (nSPS) is 15.4. The molecule has 0 bridgehead atoms. The third kappa shape index (κ3) is 3.67. The van der Waals surface area contributed by atoms with E-state index in [1.54, 1.807) is 6.33 Å². The molecule has 1 aliphatic heterocycles. The van der Waals surface area contributed by atoms with Gasteiger partial charge in [-0.1, -0.05) is 0 Å². The number of carbonyl (C=O) groups excluding carboxylic acids is 1. The first-order valence-corrected chi connectivity index (χ1v) is 9.12. The molecule has 0 saturated carbocycles. The highest BCUT2D eigenvalue weighted by Crippen LogP contribution is 2.27. The molecule has 1 amide bonds. The molecule has 0 unspecified atom stereocenters. The van der Waals surface area contributed by atoms with E-state index in [9.17, 15) is 4.79 Å². The lowest BCUT2D eigenvalue weighted by atomic mass is 9.95. The number of likely N-dealkylation sites (tertiary alicyclic amines) is 1. The van der Waals surface area contributed by atoms with Crippen molar-refractivity contribution in [1.29, 1.82) is 0 Å². The van der Waals surface area contributed by atoms with E-state index in [-0.39, 0.29) is 5.91 Å². The second-order valence-corrected chi connectivity index (χ2v) is 6.60. The van der Waals surface area contributed by atoms with Crippen LogP contribution in [-0.2, 0) is 6.54 Å². The molecule has 1 aliphatic rings. The Bertz CT molecular complexity index is 701. The summed E-state index contributed by atoms with van der Waals surface area (Å²) in [4.78, 5) is 16.9. The summed E-state index contributed by atoms with van der Waals surface area (Å²) in [6, 6.07) is 7.91. The number of hydrogen-bond donors (Lipinski definition) is 0. The van der Waals surface area contributed by atoms with Crippen molar-refractivity contribution in [2.24, 2.45) is 0 Å². The second kappa shape index (κ2) is 7.68. The van der Waals surface area contributed by atoms with Crippen LogP contribution in [0.3, 0.4) is 0 Å². The maximum atomic E-state index is 12.7. The van der Waals surface area contributed by atoms with Crippen LogP contribution in [0, 0.1) is 0 Å². The molecule has 3 rings (SSSR count). The van der Waals surface area contributed by atoms with E-state index in [4.69, 9.17) is 0 Å². The lowest BCUT2D eigenvalue weighted by molar-refractivity contribution is 0.0710. The van der Waals surface area contributed by atoms with Crippen LogP contribution in [0.15, 0.2) is 30.6 Å². The van der Waals surface area contributed by atoms with Gasteiger partial charge in [-0.15, -0.1) is 10.2 Å². The predicted octanol–water partition coefficient (Wildman–Crippen LogP) is 2.77. The van der Waals surface area contributed by atoms with Crippen LogP contribution < -0.4 is 4.90 Å². The molecule has 134 valence electrons. The molecule has 1 aromatic carbocycles. The van der Waals surface area contributed by atoms with Gasteiger partial charge in [-0.3, -0.25) is 4.79 Å². The van der Waals surface area contributed by atoms with Crippen molar-refractivity contribution >= 4 is 11.6 Å². The zero-order chi connectivity index (χ0) is 17.8. The molecule has 1 fully saturated rings. The molecular weight excluding hydrogens is 314 g/mol. The van der Waals surface area contributed by atoms with Gasteiger partial charge in [0, 0.05) is 50.4 Å². The first kappa shape index (κ1) is 17.5. The minimum Gasteiger partial charge on any atom is -0.375 e. The highest BCUT2D eigenvalue weighted by molar-refractivity contribution is 5.94. The van der Waals surface area contributed by atoms with E-state index < -0.39 is 0 Å². The van der Waals surface area contributed by atoms with E-state index in [2.05, 4.69) is 40.6 Å². The van der Waals surface area contributed by atoms with Gasteiger partial charge >= 0.3 is 0 Å². The lowest BCUT2D eigenvalue weighted by Gasteiger charge is -2.31. The molecule has 6 heteroatoms. The molecule has 0 aliphatic carbocycles. The fourth-order valence-electron chi connectivity index (χ4n) is 3.39. The van der Waals surface area contributed by atoms with Gasteiger partial charge in [0.25, 0.3) is 5.91 Å². The molecule has 1 saturated heterocycles. The Labute approximate surface area is 149 Å². The number of rotatable bonds is 5. The maximum absolute atomic E-state index is 12.7. The summed E-state index contributed by atoms with van der Waals surface area (Å²) in [6.07, 6.45) is 3.68. The van der Waals surface area contributed by atoms with Gasteiger partial charge < -0.3 is 14.4 Å². The van der Waals surface area contributed by atoms with Gasteiger partial charge in [0.15, 0.2) is 0 Å². The number of aryl methyl sites for hydroxylation is 1. The van der Waals surface area contributed by atoms with Crippen LogP contribution in [0.1, 0.15) is 48.8 Å². The quantitative estimate of drug-likeness (QED) is 0.839. The topological polar surface area (TPSA) is 54.3 Å². The second-order valence-electron chi connectivity index (χ2n) is 6.60. The zero-order valence-corrected chi connectivity index (χ0v) is 15.4. The van der Waals surface area contributed by atoms with Crippen LogP contribution in [0.5, 0.6) is 0 Å². The van der Waals surface area contributed by atoms with Crippen LogP contribution in [0.25, 0.3) is 0 Å². The summed E-state index contributed by atoms with van der Waals surface area (Å²) in [5.74, 6) is 1.58. The number of benzene rings is 1. The van der Waals surface area contributed by atoms with Crippen molar-refractivity contribution in [3.8, 4) is 0 Å². The van der Waals surface area contributed by atoms with Crippen LogP contribution in [0.2, 0.25) is 0 Å². The Hall–Kier alpha value is -2.37. The van der Waals surface area contributed by atoms with Gasteiger partial charge in [-0.05, 0) is 51.0 Å². The number of nitrogens with zero attached hydrogens (tertiary/aromatic N) is 5. The van der Waals surface area contributed by atoms with Gasteiger partial charge in [-0.2, -0.15) is 0 Å². The van der Waals surface area contributed by atoms with E-state index in [1.165, 1.54) is 0 Å². The minimum absolute atomic E-state index is 0.126. The number of amides is 1. The summed E-state index contributed by atoms with van der Waals surface area (Å²) in [5, 5.41) is 8.31. The Morgan fingerprint density at radius 2 is 1.88 bits per heavy atom. The van der Waals surface area contributed by atoms with Crippen molar-refractivity contribution in [2.75, 3.05) is 31.6 Å². The molecule has 1 aromatic heterocycles. The smallest absolute Gasteiger partial charge is 0.253 e. The van der Waals surface area contributed by atoms with Crippen LogP contribution >= 0.6 is 0 Å². The fraction of sp³-hybridized carbons (Fsp3) is 0.526. The number of piperidine rings is 1. The summed E-state index contributed by atoms with van der Waals surface area (Å²) in [6.45, 7) is 7.60. The van der Waals surface area contributed by atoms with Gasteiger partial charge in [0.05, 0.1) is 0 Å². The van der Waals surface area contributed by atoms with Crippen molar-refractivity contribution in [3.05, 3.63) is 42.0 Å². The van der Waals surface area contributed by atoms with Gasteiger partial charge in [0.2, 0.25) is 0 Å². The molecule has 6 nitrogen and oxygen atoms in total. The number of carbonyl (C=O) groups is 1. The molecular formula is C19H27N5O. The van der Waals surface area contributed by atoms with Crippen molar-refractivity contribution in [3.63, 3.8) is 0 Å². The minimum atomic E-state index is 0.126. The van der Waals surface area contributed by atoms with Gasteiger partial charge in [0.1, 0.15) is 12.2 Å². The van der Waals surface area contributed by atoms with Crippen molar-refractivity contribution in [2.45, 2.75) is 39.2 Å². The Morgan fingerprint density at radius 1 is 1.20 bits per heavy atom. The molecule has 0 atom stereocenters. The third-order valence-electron chi connectivity index (χ3n) is 5.16. The Kier molecular flexibility index (Phi) is 5.36. The summed E-state index contributed by atoms with van der Waals surface area (Å²) < 4.78 is 2.10. The molecule has 25 heavy (non-hydrogen) atoms. The summed E-state index contributed by atoms with van der Waals surface area (Å²) in [5.41, 5.74) is 1.90. The summed E-state index contributed by atoms with van der Waals surface area (Å²) >= 11 is 0. The van der Waals surface area contributed by atoms with E-state index in [0.717, 1.165) is 56.1 Å². The first-order chi connectivity index (χ1) is 12.1. The third-order valence-corrected chi connectivity index (χ3v) is 5.16. The van der Waals surface area contributed by atoms with Crippen LogP contribution in [0.4, 0.5) is 5.69 Å². The van der Waals surface area contributed by atoms with Crippen molar-refractivity contribution in [1.82, 2.24) is 19.7 Å². The number of anilines is 1. The highest BCUT2D eigenvalue weighted by Gasteiger charge is 2.27. The van der Waals surface area contributed by atoms with E-state index in [0.29, 0.717) is 5.92 Å². The Balaban J connectivity index is 1.61. The van der Waals surface area contributed by atoms with E-state index >= 15 is 0 Å². The SMILES string of the molecule is CCN(C)c1ccc(C(=O)N2CCC(c3nncn3CC)CC2)cc1. The average molecular weight is 341 g/mol. The number of aromatic nitrogens is 3. The van der Waals surface area contributed by atoms with Crippen molar-refractivity contribution < 1.29 is 4.79 Å². The molecule has 0 radical (unpaired) electrons.